The molecule has 0 saturated carbocycles. The first kappa shape index (κ1) is 15.6. The Bertz CT molecular complexity index is 596. The van der Waals surface area contributed by atoms with Crippen molar-refractivity contribution in [1.82, 2.24) is 4.98 Å². The molecule has 0 unspecified atom stereocenters. The van der Waals surface area contributed by atoms with Crippen LogP contribution in [-0.2, 0) is 0 Å². The average molecular weight is 287 g/mol. The van der Waals surface area contributed by atoms with E-state index >= 15 is 0 Å². The number of nitrogens with zero attached hydrogens (tertiary/aromatic N) is 1. The van der Waals surface area contributed by atoms with Gasteiger partial charge in [0.1, 0.15) is 11.6 Å². The number of anilines is 1. The number of pyridine rings is 1. The van der Waals surface area contributed by atoms with Crippen molar-refractivity contribution in [3.63, 3.8) is 0 Å². The van der Waals surface area contributed by atoms with Crippen LogP contribution in [0, 0.1) is 5.41 Å². The number of hydrogen-bond acceptors (Lipinski definition) is 4. The highest BCUT2D eigenvalue weighted by molar-refractivity contribution is 5.92. The predicted octanol–water partition coefficient (Wildman–Crippen LogP) is 3.42. The van der Waals surface area contributed by atoms with Crippen molar-refractivity contribution in [2.75, 3.05) is 25.5 Å². The van der Waals surface area contributed by atoms with Gasteiger partial charge >= 0.3 is 0 Å². The lowest BCUT2D eigenvalue weighted by molar-refractivity contribution is 0.350. The van der Waals surface area contributed by atoms with Gasteiger partial charge in [0.15, 0.2) is 0 Å². The molecule has 4 heteroatoms. The van der Waals surface area contributed by atoms with E-state index in [-0.39, 0.29) is 5.41 Å². The van der Waals surface area contributed by atoms with Crippen molar-refractivity contribution in [3.8, 4) is 5.75 Å². The first-order valence-corrected chi connectivity index (χ1v) is 7.42. The molecule has 0 aliphatic carbocycles. The van der Waals surface area contributed by atoms with Crippen LogP contribution in [0.25, 0.3) is 10.8 Å². The van der Waals surface area contributed by atoms with Crippen LogP contribution in [0.2, 0.25) is 0 Å². The lowest BCUT2D eigenvalue weighted by Gasteiger charge is -2.25. The van der Waals surface area contributed by atoms with Gasteiger partial charge in [0.05, 0.1) is 7.11 Å². The van der Waals surface area contributed by atoms with Gasteiger partial charge in [-0.25, -0.2) is 4.98 Å². The van der Waals surface area contributed by atoms with Crippen LogP contribution in [0.15, 0.2) is 30.5 Å². The van der Waals surface area contributed by atoms with Crippen LogP contribution in [0.3, 0.4) is 0 Å². The summed E-state index contributed by atoms with van der Waals surface area (Å²) in [4.78, 5) is 4.47. The largest absolute Gasteiger partial charge is 0.497 e. The fourth-order valence-corrected chi connectivity index (χ4v) is 2.41. The standard InChI is InChI=1S/C17H25N3O/c1-17(2,8-4-9-18)12-20-16-15-11-14(21-3)6-5-13(15)7-10-19-16/h5-7,10-11H,4,8-9,12,18H2,1-3H3,(H,19,20). The molecule has 0 atom stereocenters. The Morgan fingerprint density at radius 2 is 2.10 bits per heavy atom. The highest BCUT2D eigenvalue weighted by Crippen LogP contribution is 2.28. The lowest BCUT2D eigenvalue weighted by atomic mass is 9.88. The summed E-state index contributed by atoms with van der Waals surface area (Å²) in [5.41, 5.74) is 5.80. The van der Waals surface area contributed by atoms with E-state index < -0.39 is 0 Å². The molecule has 0 aliphatic rings. The van der Waals surface area contributed by atoms with E-state index in [1.165, 1.54) is 0 Å². The number of ether oxygens (including phenoxy) is 1. The van der Waals surface area contributed by atoms with E-state index in [4.69, 9.17) is 10.5 Å². The van der Waals surface area contributed by atoms with Crippen molar-refractivity contribution < 1.29 is 4.74 Å². The van der Waals surface area contributed by atoms with Crippen LogP contribution < -0.4 is 15.8 Å². The molecule has 21 heavy (non-hydrogen) atoms. The molecule has 0 amide bonds. The Labute approximate surface area is 126 Å². The van der Waals surface area contributed by atoms with Crippen molar-refractivity contribution in [2.45, 2.75) is 26.7 Å². The van der Waals surface area contributed by atoms with Crippen molar-refractivity contribution in [3.05, 3.63) is 30.5 Å². The average Bonchev–Trinajstić information content (AvgIpc) is 2.50. The maximum absolute atomic E-state index is 5.60. The van der Waals surface area contributed by atoms with E-state index in [1.807, 2.05) is 24.4 Å². The molecule has 114 valence electrons. The molecule has 0 aliphatic heterocycles. The third kappa shape index (κ3) is 4.08. The number of fused-ring (bicyclic) bond motifs is 1. The Balaban J connectivity index is 2.18. The topological polar surface area (TPSA) is 60.2 Å². The zero-order chi connectivity index (χ0) is 15.3. The molecule has 0 spiro atoms. The van der Waals surface area contributed by atoms with Gasteiger partial charge in [-0.15, -0.1) is 0 Å². The van der Waals surface area contributed by atoms with Gasteiger partial charge in [-0.2, -0.15) is 0 Å². The number of benzene rings is 1. The number of hydrogen-bond donors (Lipinski definition) is 2. The van der Waals surface area contributed by atoms with Crippen LogP contribution in [0.5, 0.6) is 5.75 Å². The number of aromatic nitrogens is 1. The minimum atomic E-state index is 0.197. The molecular formula is C17H25N3O. The molecule has 1 aromatic carbocycles. The third-order valence-corrected chi connectivity index (χ3v) is 3.77. The fourth-order valence-electron chi connectivity index (χ4n) is 2.41. The Morgan fingerprint density at radius 3 is 2.81 bits per heavy atom. The molecule has 1 aromatic heterocycles. The van der Waals surface area contributed by atoms with Crippen LogP contribution >= 0.6 is 0 Å². The Morgan fingerprint density at radius 1 is 1.29 bits per heavy atom. The Hall–Kier alpha value is -1.81. The predicted molar refractivity (Wildman–Crippen MR) is 88.9 cm³/mol. The normalized spacial score (nSPS) is 11.6. The van der Waals surface area contributed by atoms with Crippen molar-refractivity contribution in [2.24, 2.45) is 11.1 Å². The molecular weight excluding hydrogens is 262 g/mol. The molecule has 0 fully saturated rings. The quantitative estimate of drug-likeness (QED) is 0.819. The molecule has 0 saturated heterocycles. The smallest absolute Gasteiger partial charge is 0.133 e. The summed E-state index contributed by atoms with van der Waals surface area (Å²) < 4.78 is 5.31. The summed E-state index contributed by atoms with van der Waals surface area (Å²) in [5, 5.41) is 5.73. The second kappa shape index (κ2) is 6.76. The summed E-state index contributed by atoms with van der Waals surface area (Å²) in [5.74, 6) is 1.76. The molecule has 4 nitrogen and oxygen atoms in total. The molecule has 1 heterocycles. The molecule has 2 aromatic rings. The van der Waals surface area contributed by atoms with Gasteiger partial charge < -0.3 is 15.8 Å². The van der Waals surface area contributed by atoms with Gasteiger partial charge in [-0.1, -0.05) is 19.9 Å². The van der Waals surface area contributed by atoms with Crippen molar-refractivity contribution in [1.29, 1.82) is 0 Å². The van der Waals surface area contributed by atoms with E-state index in [0.29, 0.717) is 0 Å². The first-order valence-electron chi connectivity index (χ1n) is 7.42. The number of nitrogens with two attached hydrogens (primary N) is 1. The molecule has 2 rings (SSSR count). The lowest BCUT2D eigenvalue weighted by Crippen LogP contribution is -2.24. The van der Waals surface area contributed by atoms with Crippen molar-refractivity contribution >= 4 is 16.6 Å². The monoisotopic (exact) mass is 287 g/mol. The first-order chi connectivity index (χ1) is 10.1. The van der Waals surface area contributed by atoms with E-state index in [9.17, 15) is 0 Å². The zero-order valence-corrected chi connectivity index (χ0v) is 13.1. The SMILES string of the molecule is COc1ccc2ccnc(NCC(C)(C)CCCN)c2c1. The summed E-state index contributed by atoms with van der Waals surface area (Å²) in [6.07, 6.45) is 3.99. The van der Waals surface area contributed by atoms with Gasteiger partial charge in [0.25, 0.3) is 0 Å². The number of methoxy groups -OCH3 is 1. The van der Waals surface area contributed by atoms with E-state index in [0.717, 1.165) is 48.3 Å². The van der Waals surface area contributed by atoms with Crippen LogP contribution in [0.4, 0.5) is 5.82 Å². The highest BCUT2D eigenvalue weighted by Gasteiger charge is 2.17. The van der Waals surface area contributed by atoms with E-state index in [1.54, 1.807) is 7.11 Å². The van der Waals surface area contributed by atoms with Gasteiger partial charge in [0, 0.05) is 18.1 Å². The van der Waals surface area contributed by atoms with Crippen LogP contribution in [0.1, 0.15) is 26.7 Å². The fraction of sp³-hybridized carbons (Fsp3) is 0.471. The molecule has 3 N–H and O–H groups in total. The summed E-state index contributed by atoms with van der Waals surface area (Å²) >= 11 is 0. The van der Waals surface area contributed by atoms with E-state index in [2.05, 4.69) is 30.2 Å². The maximum Gasteiger partial charge on any atom is 0.133 e. The number of rotatable bonds is 7. The zero-order valence-electron chi connectivity index (χ0n) is 13.1. The highest BCUT2D eigenvalue weighted by atomic mass is 16.5. The summed E-state index contributed by atoms with van der Waals surface area (Å²) in [6, 6.07) is 8.06. The Kier molecular flexibility index (Phi) is 5.02. The molecule has 0 radical (unpaired) electrons. The maximum atomic E-state index is 5.60. The summed E-state index contributed by atoms with van der Waals surface area (Å²) in [6.45, 7) is 6.12. The van der Waals surface area contributed by atoms with Gasteiger partial charge in [-0.05, 0) is 48.4 Å². The molecule has 0 bridgehead atoms. The van der Waals surface area contributed by atoms with Gasteiger partial charge in [-0.3, -0.25) is 0 Å². The third-order valence-electron chi connectivity index (χ3n) is 3.77. The number of nitrogens with one attached hydrogen (secondary N) is 1. The minimum Gasteiger partial charge on any atom is -0.497 e. The summed E-state index contributed by atoms with van der Waals surface area (Å²) in [7, 11) is 1.68. The van der Waals surface area contributed by atoms with Gasteiger partial charge in [0.2, 0.25) is 0 Å². The minimum absolute atomic E-state index is 0.197. The van der Waals surface area contributed by atoms with Crippen LogP contribution in [-0.4, -0.2) is 25.2 Å². The second-order valence-corrected chi connectivity index (χ2v) is 6.16. The second-order valence-electron chi connectivity index (χ2n) is 6.16.